The number of amides is 2. The number of benzene rings is 2. The molecule has 0 unspecified atom stereocenters. The third kappa shape index (κ3) is 4.78. The molecule has 6 nitrogen and oxygen atoms in total. The fraction of sp³-hybridized carbons (Fsp3) is 0.111. The largest absolute Gasteiger partial charge is 0.326 e. The number of carbonyl (C=O) groups is 2. The summed E-state index contributed by atoms with van der Waals surface area (Å²) in [5, 5.41) is 15.4. The monoisotopic (exact) mass is 320 g/mol. The highest BCUT2D eigenvalue weighted by Gasteiger charge is 2.06. The highest BCUT2D eigenvalue weighted by Crippen LogP contribution is 2.11. The summed E-state index contributed by atoms with van der Waals surface area (Å²) in [6, 6.07) is 15.5. The number of nitrogens with one attached hydrogen (secondary N) is 2. The lowest BCUT2D eigenvalue weighted by molar-refractivity contribution is -0.115. The Morgan fingerprint density at radius 2 is 2.00 bits per heavy atom. The van der Waals surface area contributed by atoms with Gasteiger partial charge in [0.1, 0.15) is 0 Å². The van der Waals surface area contributed by atoms with E-state index in [2.05, 4.69) is 15.8 Å². The number of hydrazone groups is 1. The molecule has 0 aromatic heterocycles. The van der Waals surface area contributed by atoms with Crippen molar-refractivity contribution < 1.29 is 9.59 Å². The zero-order chi connectivity index (χ0) is 17.4. The van der Waals surface area contributed by atoms with E-state index in [4.69, 9.17) is 5.26 Å². The van der Waals surface area contributed by atoms with Crippen LogP contribution < -0.4 is 10.7 Å². The molecular weight excluding hydrogens is 304 g/mol. The fourth-order valence-electron chi connectivity index (χ4n) is 1.91. The smallest absolute Gasteiger partial charge is 0.271 e. The number of nitrogens with zero attached hydrogens (tertiary/aromatic N) is 2. The summed E-state index contributed by atoms with van der Waals surface area (Å²) in [6.45, 7) is 1.75. The molecule has 2 rings (SSSR count). The second kappa shape index (κ2) is 8.25. The SMILES string of the molecule is CCC(=O)Nc1cccc(C(=O)NN=Cc2cccc(C#N)c2)c1. The Morgan fingerprint density at radius 3 is 2.75 bits per heavy atom. The second-order valence-corrected chi connectivity index (χ2v) is 4.92. The van der Waals surface area contributed by atoms with Crippen molar-refractivity contribution in [1.29, 1.82) is 5.26 Å². The molecule has 2 amide bonds. The Hall–Kier alpha value is -3.46. The van der Waals surface area contributed by atoms with E-state index in [0.717, 1.165) is 0 Å². The number of carbonyl (C=O) groups excluding carboxylic acids is 2. The average Bonchev–Trinajstić information content (AvgIpc) is 2.62. The molecule has 0 aliphatic heterocycles. The summed E-state index contributed by atoms with van der Waals surface area (Å²) in [6.07, 6.45) is 1.82. The van der Waals surface area contributed by atoms with Gasteiger partial charge >= 0.3 is 0 Å². The lowest BCUT2D eigenvalue weighted by Crippen LogP contribution is -2.18. The lowest BCUT2D eigenvalue weighted by atomic mass is 10.1. The molecular formula is C18H16N4O2. The molecule has 2 aromatic carbocycles. The van der Waals surface area contributed by atoms with Crippen LogP contribution in [-0.2, 0) is 4.79 Å². The van der Waals surface area contributed by atoms with Crippen LogP contribution in [-0.4, -0.2) is 18.0 Å². The Morgan fingerprint density at radius 1 is 1.21 bits per heavy atom. The standard InChI is InChI=1S/C18H16N4O2/c1-2-17(23)21-16-8-4-7-15(10-16)18(24)22-20-12-14-6-3-5-13(9-14)11-19/h3-10,12H,2H2,1H3,(H,21,23)(H,22,24). The molecule has 120 valence electrons. The zero-order valence-electron chi connectivity index (χ0n) is 13.1. The first kappa shape index (κ1) is 16.9. The highest BCUT2D eigenvalue weighted by molar-refractivity contribution is 5.97. The maximum absolute atomic E-state index is 12.1. The van der Waals surface area contributed by atoms with Gasteiger partial charge in [0.2, 0.25) is 5.91 Å². The van der Waals surface area contributed by atoms with Gasteiger partial charge in [-0.15, -0.1) is 0 Å². The van der Waals surface area contributed by atoms with E-state index < -0.39 is 5.91 Å². The molecule has 0 bridgehead atoms. The zero-order valence-corrected chi connectivity index (χ0v) is 13.1. The third-order valence-corrected chi connectivity index (χ3v) is 3.13. The topological polar surface area (TPSA) is 94.3 Å². The Kier molecular flexibility index (Phi) is 5.81. The van der Waals surface area contributed by atoms with Crippen molar-refractivity contribution in [3.8, 4) is 6.07 Å². The number of nitriles is 1. The molecule has 0 heterocycles. The molecule has 2 aromatic rings. The van der Waals surface area contributed by atoms with Gasteiger partial charge in [-0.3, -0.25) is 9.59 Å². The minimum atomic E-state index is -0.393. The van der Waals surface area contributed by atoms with Crippen LogP contribution in [0.2, 0.25) is 0 Å². The maximum Gasteiger partial charge on any atom is 0.271 e. The quantitative estimate of drug-likeness (QED) is 0.655. The lowest BCUT2D eigenvalue weighted by Gasteiger charge is -2.05. The van der Waals surface area contributed by atoms with Crippen molar-refractivity contribution >= 4 is 23.7 Å². The minimum absolute atomic E-state index is 0.122. The van der Waals surface area contributed by atoms with Crippen molar-refractivity contribution in [2.24, 2.45) is 5.10 Å². The van der Waals surface area contributed by atoms with Crippen molar-refractivity contribution in [2.45, 2.75) is 13.3 Å². The van der Waals surface area contributed by atoms with Crippen LogP contribution in [0.25, 0.3) is 0 Å². The molecule has 0 atom stereocenters. The number of rotatable bonds is 5. The van der Waals surface area contributed by atoms with Crippen molar-refractivity contribution in [1.82, 2.24) is 5.43 Å². The first-order valence-corrected chi connectivity index (χ1v) is 7.36. The molecule has 0 saturated carbocycles. The fourth-order valence-corrected chi connectivity index (χ4v) is 1.91. The van der Waals surface area contributed by atoms with Gasteiger partial charge in [0.05, 0.1) is 17.8 Å². The van der Waals surface area contributed by atoms with Gasteiger partial charge in [-0.1, -0.05) is 25.1 Å². The van der Waals surface area contributed by atoms with E-state index in [0.29, 0.717) is 28.8 Å². The maximum atomic E-state index is 12.1. The number of hydrogen-bond acceptors (Lipinski definition) is 4. The van der Waals surface area contributed by atoms with Crippen LogP contribution in [0.4, 0.5) is 5.69 Å². The van der Waals surface area contributed by atoms with Gasteiger partial charge in [-0.2, -0.15) is 10.4 Å². The molecule has 0 aliphatic carbocycles. The Bertz CT molecular complexity index is 822. The van der Waals surface area contributed by atoms with Crippen LogP contribution in [0, 0.1) is 11.3 Å². The normalized spacial score (nSPS) is 10.2. The van der Waals surface area contributed by atoms with Gasteiger partial charge in [-0.25, -0.2) is 5.43 Å². The first-order valence-electron chi connectivity index (χ1n) is 7.36. The van der Waals surface area contributed by atoms with Crippen molar-refractivity contribution in [3.05, 3.63) is 65.2 Å². The number of hydrogen-bond donors (Lipinski definition) is 2. The predicted octanol–water partition coefficient (Wildman–Crippen LogP) is 2.67. The van der Waals surface area contributed by atoms with E-state index in [1.807, 2.05) is 6.07 Å². The first-order chi connectivity index (χ1) is 11.6. The van der Waals surface area contributed by atoms with Crippen LogP contribution >= 0.6 is 0 Å². The van der Waals surface area contributed by atoms with Gasteiger partial charge in [0.15, 0.2) is 0 Å². The van der Waals surface area contributed by atoms with Crippen LogP contribution in [0.3, 0.4) is 0 Å². The van der Waals surface area contributed by atoms with E-state index >= 15 is 0 Å². The number of anilines is 1. The van der Waals surface area contributed by atoms with E-state index in [9.17, 15) is 9.59 Å². The van der Waals surface area contributed by atoms with Crippen molar-refractivity contribution in [2.75, 3.05) is 5.32 Å². The summed E-state index contributed by atoms with van der Waals surface area (Å²) in [5.74, 6) is -0.516. The molecule has 0 fully saturated rings. The molecule has 0 aliphatic rings. The molecule has 0 radical (unpaired) electrons. The van der Waals surface area contributed by atoms with Crippen LogP contribution in [0.1, 0.15) is 34.8 Å². The summed E-state index contributed by atoms with van der Waals surface area (Å²) < 4.78 is 0. The van der Waals surface area contributed by atoms with Crippen LogP contribution in [0.15, 0.2) is 53.6 Å². The van der Waals surface area contributed by atoms with E-state index in [1.54, 1.807) is 55.5 Å². The Balaban J connectivity index is 2.02. The summed E-state index contributed by atoms with van der Waals surface area (Å²) >= 11 is 0. The summed E-state index contributed by atoms with van der Waals surface area (Å²) in [5.41, 5.74) is 4.58. The highest BCUT2D eigenvalue weighted by atomic mass is 16.2. The minimum Gasteiger partial charge on any atom is -0.326 e. The predicted molar refractivity (Wildman–Crippen MR) is 91.6 cm³/mol. The second-order valence-electron chi connectivity index (χ2n) is 4.92. The molecule has 6 heteroatoms. The average molecular weight is 320 g/mol. The van der Waals surface area contributed by atoms with Gasteiger partial charge in [0, 0.05) is 17.7 Å². The van der Waals surface area contributed by atoms with Gasteiger partial charge < -0.3 is 5.32 Å². The molecule has 0 saturated heterocycles. The Labute approximate surface area is 139 Å². The van der Waals surface area contributed by atoms with E-state index in [1.165, 1.54) is 6.21 Å². The van der Waals surface area contributed by atoms with Gasteiger partial charge in [-0.05, 0) is 35.9 Å². The van der Waals surface area contributed by atoms with Crippen molar-refractivity contribution in [3.63, 3.8) is 0 Å². The molecule has 24 heavy (non-hydrogen) atoms. The molecule has 2 N–H and O–H groups in total. The summed E-state index contributed by atoms with van der Waals surface area (Å²) in [7, 11) is 0. The third-order valence-electron chi connectivity index (χ3n) is 3.13. The molecule has 0 spiro atoms. The van der Waals surface area contributed by atoms with Crippen LogP contribution in [0.5, 0.6) is 0 Å². The van der Waals surface area contributed by atoms with E-state index in [-0.39, 0.29) is 5.91 Å². The van der Waals surface area contributed by atoms with Gasteiger partial charge in [0.25, 0.3) is 5.91 Å². The summed E-state index contributed by atoms with van der Waals surface area (Å²) in [4.78, 5) is 23.5.